The highest BCUT2D eigenvalue weighted by molar-refractivity contribution is 5.35. The van der Waals surface area contributed by atoms with Crippen LogP contribution in [0.3, 0.4) is 0 Å². The number of aryl methyl sites for hydroxylation is 2. The molecule has 1 saturated carbocycles. The van der Waals surface area contributed by atoms with Gasteiger partial charge in [-0.2, -0.15) is 0 Å². The Kier molecular flexibility index (Phi) is 4.67. The topological polar surface area (TPSA) is 26.0 Å². The predicted octanol–water partition coefficient (Wildman–Crippen LogP) is 4.53. The monoisotopic (exact) mass is 259 g/mol. The fourth-order valence-electron chi connectivity index (χ4n) is 3.57. The normalized spacial score (nSPS) is 28.1. The van der Waals surface area contributed by atoms with Crippen LogP contribution in [0.4, 0.5) is 0 Å². The molecule has 0 bridgehead atoms. The largest absolute Gasteiger partial charge is 0.325 e. The Labute approximate surface area is 118 Å². The highest BCUT2D eigenvalue weighted by atomic mass is 14.7. The summed E-state index contributed by atoms with van der Waals surface area (Å²) in [6, 6.07) is 6.59. The molecule has 2 N–H and O–H groups in total. The molecule has 0 spiro atoms. The fraction of sp³-hybridized carbons (Fsp3) is 0.667. The second kappa shape index (κ2) is 6.09. The van der Waals surface area contributed by atoms with Crippen LogP contribution in [-0.4, -0.2) is 5.54 Å². The van der Waals surface area contributed by atoms with Crippen molar-refractivity contribution in [2.45, 2.75) is 71.3 Å². The lowest BCUT2D eigenvalue weighted by atomic mass is 9.82. The average Bonchev–Trinajstić information content (AvgIpc) is 2.56. The molecule has 1 aliphatic rings. The minimum Gasteiger partial charge on any atom is -0.325 e. The van der Waals surface area contributed by atoms with Crippen molar-refractivity contribution >= 4 is 0 Å². The molecule has 1 aromatic rings. The molecule has 2 rings (SSSR count). The van der Waals surface area contributed by atoms with Crippen molar-refractivity contribution in [1.29, 1.82) is 0 Å². The Balaban J connectivity index is 2.12. The van der Waals surface area contributed by atoms with Gasteiger partial charge in [-0.1, -0.05) is 44.4 Å². The van der Waals surface area contributed by atoms with Crippen molar-refractivity contribution in [1.82, 2.24) is 0 Å². The van der Waals surface area contributed by atoms with E-state index in [9.17, 15) is 0 Å². The van der Waals surface area contributed by atoms with E-state index >= 15 is 0 Å². The van der Waals surface area contributed by atoms with E-state index in [-0.39, 0.29) is 5.54 Å². The van der Waals surface area contributed by atoms with Gasteiger partial charge in [0, 0.05) is 5.54 Å². The maximum atomic E-state index is 6.75. The van der Waals surface area contributed by atoms with Crippen molar-refractivity contribution < 1.29 is 0 Å². The number of hydrogen-bond donors (Lipinski definition) is 1. The second-order valence-corrected chi connectivity index (χ2v) is 6.61. The molecule has 2 unspecified atom stereocenters. The van der Waals surface area contributed by atoms with E-state index < -0.39 is 0 Å². The van der Waals surface area contributed by atoms with Gasteiger partial charge < -0.3 is 5.73 Å². The van der Waals surface area contributed by atoms with Gasteiger partial charge >= 0.3 is 0 Å². The molecular formula is C18H29N. The van der Waals surface area contributed by atoms with Crippen molar-refractivity contribution in [3.63, 3.8) is 0 Å². The maximum absolute atomic E-state index is 6.75. The van der Waals surface area contributed by atoms with Gasteiger partial charge in [0.25, 0.3) is 0 Å². The Morgan fingerprint density at radius 3 is 2.47 bits per heavy atom. The third-order valence-electron chi connectivity index (χ3n) is 5.09. The minimum atomic E-state index is 0.0286. The van der Waals surface area contributed by atoms with Crippen molar-refractivity contribution in [3.8, 4) is 0 Å². The molecule has 0 radical (unpaired) electrons. The molecule has 1 aliphatic carbocycles. The number of benzene rings is 1. The quantitative estimate of drug-likeness (QED) is 0.793. The van der Waals surface area contributed by atoms with Gasteiger partial charge in [-0.3, -0.25) is 0 Å². The lowest BCUT2D eigenvalue weighted by Crippen LogP contribution is -2.42. The lowest BCUT2D eigenvalue weighted by Gasteiger charge is -2.30. The highest BCUT2D eigenvalue weighted by Crippen LogP contribution is 2.33. The van der Waals surface area contributed by atoms with Crippen molar-refractivity contribution in [3.05, 3.63) is 34.9 Å². The summed E-state index contributed by atoms with van der Waals surface area (Å²) in [5.41, 5.74) is 11.1. The molecule has 1 nitrogen and oxygen atoms in total. The molecule has 0 aliphatic heterocycles. The van der Waals surface area contributed by atoms with Crippen molar-refractivity contribution in [2.75, 3.05) is 0 Å². The first kappa shape index (κ1) is 14.6. The maximum Gasteiger partial charge on any atom is 0.0195 e. The van der Waals surface area contributed by atoms with Gasteiger partial charge in [0.05, 0.1) is 0 Å². The first-order valence-corrected chi connectivity index (χ1v) is 7.88. The third-order valence-corrected chi connectivity index (χ3v) is 5.09. The summed E-state index contributed by atoms with van der Waals surface area (Å²) in [5.74, 6) is 0.906. The summed E-state index contributed by atoms with van der Waals surface area (Å²) >= 11 is 0. The summed E-state index contributed by atoms with van der Waals surface area (Å²) in [6.45, 7) is 6.76. The summed E-state index contributed by atoms with van der Waals surface area (Å²) in [7, 11) is 0. The fourth-order valence-corrected chi connectivity index (χ4v) is 3.57. The molecule has 1 heteroatoms. The van der Waals surface area contributed by atoms with Crippen LogP contribution in [0.15, 0.2) is 18.2 Å². The van der Waals surface area contributed by atoms with Crippen LogP contribution in [0.5, 0.6) is 0 Å². The summed E-state index contributed by atoms with van der Waals surface area (Å²) < 4.78 is 0. The van der Waals surface area contributed by atoms with Crippen molar-refractivity contribution in [2.24, 2.45) is 11.7 Å². The molecule has 0 aromatic heterocycles. The van der Waals surface area contributed by atoms with Gasteiger partial charge in [-0.25, -0.2) is 0 Å². The SMILES string of the molecule is CCC1CCCC(N)(Cc2c(C)cccc2C)CC1. The highest BCUT2D eigenvalue weighted by Gasteiger charge is 2.29. The predicted molar refractivity (Wildman–Crippen MR) is 83.4 cm³/mol. The summed E-state index contributed by atoms with van der Waals surface area (Å²) in [4.78, 5) is 0. The molecule has 0 saturated heterocycles. The third kappa shape index (κ3) is 3.60. The second-order valence-electron chi connectivity index (χ2n) is 6.61. The van der Waals surface area contributed by atoms with E-state index in [1.807, 2.05) is 0 Å². The minimum absolute atomic E-state index is 0.0286. The van der Waals surface area contributed by atoms with Gasteiger partial charge in [0.1, 0.15) is 0 Å². The van der Waals surface area contributed by atoms with Gasteiger partial charge in [-0.05, 0) is 62.1 Å². The molecule has 1 aromatic carbocycles. The Hall–Kier alpha value is -0.820. The Bertz CT molecular complexity index is 403. The van der Waals surface area contributed by atoms with Gasteiger partial charge in [0.15, 0.2) is 0 Å². The Morgan fingerprint density at radius 1 is 1.16 bits per heavy atom. The van der Waals surface area contributed by atoms with E-state index in [4.69, 9.17) is 5.73 Å². The molecule has 0 heterocycles. The van der Waals surface area contributed by atoms with E-state index in [1.165, 1.54) is 55.2 Å². The zero-order chi connectivity index (χ0) is 13.9. The van der Waals surface area contributed by atoms with Gasteiger partial charge in [0.2, 0.25) is 0 Å². The van der Waals surface area contributed by atoms with Gasteiger partial charge in [-0.15, -0.1) is 0 Å². The number of rotatable bonds is 3. The lowest BCUT2D eigenvalue weighted by molar-refractivity contribution is 0.357. The molecule has 106 valence electrons. The zero-order valence-electron chi connectivity index (χ0n) is 12.8. The van der Waals surface area contributed by atoms with Crippen LogP contribution in [0.2, 0.25) is 0 Å². The van der Waals surface area contributed by atoms with E-state index in [0.717, 1.165) is 12.3 Å². The summed E-state index contributed by atoms with van der Waals surface area (Å²) in [6.07, 6.45) is 8.76. The zero-order valence-corrected chi connectivity index (χ0v) is 12.8. The number of nitrogens with two attached hydrogens (primary N) is 1. The van der Waals surface area contributed by atoms with Crippen LogP contribution in [0.1, 0.15) is 62.1 Å². The smallest absolute Gasteiger partial charge is 0.0195 e. The Morgan fingerprint density at radius 2 is 1.84 bits per heavy atom. The number of hydrogen-bond acceptors (Lipinski definition) is 1. The first-order valence-electron chi connectivity index (χ1n) is 7.88. The molecular weight excluding hydrogens is 230 g/mol. The van der Waals surface area contributed by atoms with Crippen LogP contribution in [0, 0.1) is 19.8 Å². The van der Waals surface area contributed by atoms with E-state index in [1.54, 1.807) is 0 Å². The van der Waals surface area contributed by atoms with Crippen LogP contribution in [-0.2, 0) is 6.42 Å². The molecule has 1 fully saturated rings. The average molecular weight is 259 g/mol. The summed E-state index contributed by atoms with van der Waals surface area (Å²) in [5, 5.41) is 0. The van der Waals surface area contributed by atoms with Crippen LogP contribution < -0.4 is 5.73 Å². The van der Waals surface area contributed by atoms with Crippen LogP contribution in [0.25, 0.3) is 0 Å². The molecule has 2 atom stereocenters. The molecule has 19 heavy (non-hydrogen) atoms. The molecule has 0 amide bonds. The van der Waals surface area contributed by atoms with Crippen LogP contribution >= 0.6 is 0 Å². The first-order chi connectivity index (χ1) is 9.04. The standard InChI is InChI=1S/C18H29N/c1-4-16-9-6-11-18(19,12-10-16)13-17-14(2)7-5-8-15(17)3/h5,7-8,16H,4,6,9-13,19H2,1-3H3. The van der Waals surface area contributed by atoms with E-state index in [2.05, 4.69) is 39.0 Å². The van der Waals surface area contributed by atoms with E-state index in [0.29, 0.717) is 0 Å².